The van der Waals surface area contributed by atoms with Gasteiger partial charge in [-0.2, -0.15) is 13.2 Å². The summed E-state index contributed by atoms with van der Waals surface area (Å²) in [5.74, 6) is -1.17. The van der Waals surface area contributed by atoms with E-state index in [9.17, 15) is 31.2 Å². The van der Waals surface area contributed by atoms with Crippen LogP contribution in [0.4, 0.5) is 13.2 Å². The Labute approximate surface area is 183 Å². The number of carbonyl (C=O) groups excluding carboxylic acids is 2. The number of benzene rings is 2. The number of halogens is 3. The first-order valence-corrected chi connectivity index (χ1v) is 11.2. The van der Waals surface area contributed by atoms with Gasteiger partial charge in [0.25, 0.3) is 5.91 Å². The van der Waals surface area contributed by atoms with Gasteiger partial charge in [0.15, 0.2) is 6.61 Å². The summed E-state index contributed by atoms with van der Waals surface area (Å²) in [5, 5.41) is 0. The van der Waals surface area contributed by atoms with Gasteiger partial charge in [-0.1, -0.05) is 30.3 Å². The largest absolute Gasteiger partial charge is 0.456 e. The first kappa shape index (κ1) is 23.7. The standard InChI is InChI=1S/C21H21F3N2O5S/c22-21(23,24)17-6-3-7-18(12-17)32(29,30)25-10-8-20(28)31-14-19(27)26-11-9-15-4-1-2-5-16(15)13-26/h1-7,12,25H,8-11,13-14H2. The molecule has 0 fully saturated rings. The van der Waals surface area contributed by atoms with Gasteiger partial charge >= 0.3 is 12.1 Å². The SMILES string of the molecule is O=C(CCNS(=O)(=O)c1cccc(C(F)(F)F)c1)OCC(=O)N1CCc2ccccc2C1. The van der Waals surface area contributed by atoms with E-state index in [0.29, 0.717) is 25.6 Å². The number of nitrogens with zero attached hydrogens (tertiary/aromatic N) is 1. The van der Waals surface area contributed by atoms with Gasteiger partial charge in [-0.15, -0.1) is 0 Å². The van der Waals surface area contributed by atoms with Crippen LogP contribution < -0.4 is 4.72 Å². The van der Waals surface area contributed by atoms with Crippen molar-refractivity contribution in [1.29, 1.82) is 0 Å². The van der Waals surface area contributed by atoms with Crippen LogP contribution in [-0.4, -0.2) is 44.9 Å². The second kappa shape index (κ2) is 9.70. The van der Waals surface area contributed by atoms with Crippen molar-refractivity contribution in [2.75, 3.05) is 19.7 Å². The van der Waals surface area contributed by atoms with Crippen LogP contribution in [0.25, 0.3) is 0 Å². The van der Waals surface area contributed by atoms with Crippen LogP contribution in [0, 0.1) is 0 Å². The number of amides is 1. The molecule has 2 aromatic rings. The number of rotatable bonds is 7. The number of hydrogen-bond donors (Lipinski definition) is 1. The lowest BCUT2D eigenvalue weighted by molar-refractivity contribution is -0.152. The number of carbonyl (C=O) groups is 2. The highest BCUT2D eigenvalue weighted by atomic mass is 32.2. The zero-order valence-electron chi connectivity index (χ0n) is 16.9. The lowest BCUT2D eigenvalue weighted by Gasteiger charge is -2.28. The lowest BCUT2D eigenvalue weighted by atomic mass is 10.00. The van der Waals surface area contributed by atoms with Gasteiger partial charge in [0.2, 0.25) is 10.0 Å². The van der Waals surface area contributed by atoms with Crippen LogP contribution in [0.1, 0.15) is 23.1 Å². The van der Waals surface area contributed by atoms with Gasteiger partial charge in [0, 0.05) is 19.6 Å². The van der Waals surface area contributed by atoms with Gasteiger partial charge in [-0.25, -0.2) is 13.1 Å². The molecule has 1 aliphatic rings. The number of sulfonamides is 1. The molecule has 0 atom stereocenters. The highest BCUT2D eigenvalue weighted by Crippen LogP contribution is 2.30. The molecule has 1 amide bonds. The third-order valence-electron chi connectivity index (χ3n) is 4.93. The summed E-state index contributed by atoms with van der Waals surface area (Å²) >= 11 is 0. The fourth-order valence-corrected chi connectivity index (χ4v) is 4.30. The molecule has 0 spiro atoms. The first-order chi connectivity index (χ1) is 15.1. The maximum atomic E-state index is 12.8. The Bertz CT molecular complexity index is 1100. The van der Waals surface area contributed by atoms with Crippen molar-refractivity contribution in [3.63, 3.8) is 0 Å². The summed E-state index contributed by atoms with van der Waals surface area (Å²) in [5.41, 5.74) is 1.10. The fraction of sp³-hybridized carbons (Fsp3) is 0.333. The molecule has 3 rings (SSSR count). The molecule has 0 bridgehead atoms. The minimum Gasteiger partial charge on any atom is -0.456 e. The van der Waals surface area contributed by atoms with E-state index in [4.69, 9.17) is 4.74 Å². The molecule has 7 nitrogen and oxygen atoms in total. The quantitative estimate of drug-likeness (QED) is 0.628. The molecule has 32 heavy (non-hydrogen) atoms. The Hall–Kier alpha value is -2.92. The Morgan fingerprint density at radius 3 is 2.50 bits per heavy atom. The average Bonchev–Trinajstić information content (AvgIpc) is 2.76. The van der Waals surface area contributed by atoms with E-state index in [2.05, 4.69) is 4.72 Å². The third-order valence-corrected chi connectivity index (χ3v) is 6.39. The number of alkyl halides is 3. The van der Waals surface area contributed by atoms with Crippen LogP contribution in [0.2, 0.25) is 0 Å². The Morgan fingerprint density at radius 1 is 1.06 bits per heavy atom. The van der Waals surface area contributed by atoms with Crippen molar-refractivity contribution in [3.05, 3.63) is 65.2 Å². The van der Waals surface area contributed by atoms with Gasteiger partial charge in [-0.05, 0) is 35.7 Å². The molecule has 0 aliphatic carbocycles. The van der Waals surface area contributed by atoms with Crippen LogP contribution in [0.15, 0.2) is 53.4 Å². The van der Waals surface area contributed by atoms with E-state index in [1.165, 1.54) is 5.56 Å². The van der Waals surface area contributed by atoms with Crippen molar-refractivity contribution in [3.8, 4) is 0 Å². The molecular weight excluding hydrogens is 449 g/mol. The third kappa shape index (κ3) is 6.07. The summed E-state index contributed by atoms with van der Waals surface area (Å²) in [6.45, 7) is 0.0671. The minimum absolute atomic E-state index is 0.364. The predicted octanol–water partition coefficient (Wildman–Crippen LogP) is 2.50. The minimum atomic E-state index is -4.68. The molecule has 172 valence electrons. The van der Waals surface area contributed by atoms with E-state index in [1.807, 2.05) is 24.3 Å². The Balaban J connectivity index is 1.45. The monoisotopic (exact) mass is 470 g/mol. The normalized spacial score (nSPS) is 14.0. The lowest BCUT2D eigenvalue weighted by Crippen LogP contribution is -2.38. The zero-order valence-corrected chi connectivity index (χ0v) is 17.7. The molecule has 1 aliphatic heterocycles. The molecular formula is C21H21F3N2O5S. The smallest absolute Gasteiger partial charge is 0.416 e. The van der Waals surface area contributed by atoms with E-state index in [0.717, 1.165) is 23.8 Å². The number of esters is 1. The summed E-state index contributed by atoms with van der Waals surface area (Å²) < 4.78 is 69.6. The van der Waals surface area contributed by atoms with Crippen molar-refractivity contribution >= 4 is 21.9 Å². The second-order valence-corrected chi connectivity index (χ2v) is 8.94. The molecule has 1 heterocycles. The maximum absolute atomic E-state index is 12.8. The van der Waals surface area contributed by atoms with Crippen LogP contribution >= 0.6 is 0 Å². The van der Waals surface area contributed by atoms with Crippen molar-refractivity contribution < 1.29 is 35.9 Å². The van der Waals surface area contributed by atoms with Crippen LogP contribution in [0.5, 0.6) is 0 Å². The van der Waals surface area contributed by atoms with Gasteiger partial charge in [0.1, 0.15) is 0 Å². The molecule has 0 radical (unpaired) electrons. The zero-order chi connectivity index (χ0) is 23.4. The maximum Gasteiger partial charge on any atom is 0.416 e. The van der Waals surface area contributed by atoms with E-state index < -0.39 is 39.2 Å². The van der Waals surface area contributed by atoms with E-state index in [1.54, 1.807) is 4.90 Å². The molecule has 0 saturated heterocycles. The molecule has 0 aromatic heterocycles. The molecule has 2 aromatic carbocycles. The topological polar surface area (TPSA) is 92.8 Å². The molecule has 1 N–H and O–H groups in total. The summed E-state index contributed by atoms with van der Waals surface area (Å²) in [6.07, 6.45) is -4.36. The number of ether oxygens (including phenoxy) is 1. The molecule has 11 heteroatoms. The van der Waals surface area contributed by atoms with Crippen LogP contribution in [0.3, 0.4) is 0 Å². The summed E-state index contributed by atoms with van der Waals surface area (Å²) in [7, 11) is -4.25. The van der Waals surface area contributed by atoms with Crippen molar-refractivity contribution in [2.45, 2.75) is 30.5 Å². The van der Waals surface area contributed by atoms with E-state index >= 15 is 0 Å². The summed E-state index contributed by atoms with van der Waals surface area (Å²) in [6, 6.07) is 11.0. The van der Waals surface area contributed by atoms with Gasteiger partial charge < -0.3 is 9.64 Å². The number of fused-ring (bicyclic) bond motifs is 1. The van der Waals surface area contributed by atoms with Crippen molar-refractivity contribution in [1.82, 2.24) is 9.62 Å². The average molecular weight is 470 g/mol. The number of nitrogens with one attached hydrogen (secondary N) is 1. The summed E-state index contributed by atoms with van der Waals surface area (Å²) in [4.78, 5) is 25.2. The Morgan fingerprint density at radius 2 is 1.78 bits per heavy atom. The highest BCUT2D eigenvalue weighted by molar-refractivity contribution is 7.89. The predicted molar refractivity (Wildman–Crippen MR) is 108 cm³/mol. The molecule has 0 saturated carbocycles. The Kier molecular flexibility index (Phi) is 7.19. The number of hydrogen-bond acceptors (Lipinski definition) is 5. The fourth-order valence-electron chi connectivity index (χ4n) is 3.22. The molecule has 0 unspecified atom stereocenters. The highest BCUT2D eigenvalue weighted by Gasteiger charge is 2.31. The van der Waals surface area contributed by atoms with Crippen LogP contribution in [-0.2, 0) is 43.5 Å². The second-order valence-electron chi connectivity index (χ2n) is 7.17. The van der Waals surface area contributed by atoms with Gasteiger partial charge in [0.05, 0.1) is 16.9 Å². The van der Waals surface area contributed by atoms with Crippen molar-refractivity contribution in [2.24, 2.45) is 0 Å². The van der Waals surface area contributed by atoms with Gasteiger partial charge in [-0.3, -0.25) is 9.59 Å². The first-order valence-electron chi connectivity index (χ1n) is 9.73. The van der Waals surface area contributed by atoms with E-state index in [-0.39, 0.29) is 18.9 Å².